The summed E-state index contributed by atoms with van der Waals surface area (Å²) >= 11 is 0. The smallest absolute Gasteiger partial charge is 0.336 e. The van der Waals surface area contributed by atoms with Crippen molar-refractivity contribution in [3.05, 3.63) is 24.3 Å². The van der Waals surface area contributed by atoms with Crippen LogP contribution in [0.2, 0.25) is 0 Å². The Balaban J connectivity index is 2.95. The number of carboxylic acid groups (broad SMARTS) is 4. The number of hydrogen-bond acceptors (Lipinski definition) is 17. The van der Waals surface area contributed by atoms with Gasteiger partial charge >= 0.3 is 23.9 Å². The van der Waals surface area contributed by atoms with Crippen molar-refractivity contribution in [2.75, 3.05) is 19.6 Å². The van der Waals surface area contributed by atoms with Gasteiger partial charge in [0, 0.05) is 12.6 Å². The van der Waals surface area contributed by atoms with E-state index in [1.165, 1.54) is 40.7 Å². The zero-order valence-electron chi connectivity index (χ0n) is 51.1. The van der Waals surface area contributed by atoms with E-state index in [2.05, 4.69) is 44.1 Å². The van der Waals surface area contributed by atoms with E-state index in [4.69, 9.17) is 5.73 Å². The number of carbonyl (C=O) groups is 15. The highest BCUT2D eigenvalue weighted by molar-refractivity contribution is 6.07. The lowest BCUT2D eigenvalue weighted by Gasteiger charge is -2.34. The van der Waals surface area contributed by atoms with Crippen molar-refractivity contribution in [2.24, 2.45) is 41.2 Å². The summed E-state index contributed by atoms with van der Waals surface area (Å²) in [5.74, 6) is -26.6. The summed E-state index contributed by atoms with van der Waals surface area (Å²) in [6, 6.07) is -19.3. The molecule has 2 heterocycles. The van der Waals surface area contributed by atoms with Crippen LogP contribution in [-0.2, 0) is 71.9 Å². The molecule has 2 aliphatic heterocycles. The molecule has 11 amide bonds. The maximum absolute atomic E-state index is 14.8. The number of unbranched alkanes of at least 4 members (excludes halogenated alkanes) is 1. The summed E-state index contributed by atoms with van der Waals surface area (Å²) in [4.78, 5) is 205. The van der Waals surface area contributed by atoms with E-state index in [-0.39, 0.29) is 38.8 Å². The predicted octanol–water partition coefficient (Wildman–Crippen LogP) is -3.91. The minimum Gasteiger partial charge on any atom is -0.481 e. The van der Waals surface area contributed by atoms with Gasteiger partial charge in [-0.1, -0.05) is 73.1 Å². The topological polar surface area (TPSA) is 507 Å². The largest absolute Gasteiger partial charge is 0.481 e. The van der Waals surface area contributed by atoms with Gasteiger partial charge in [-0.15, -0.1) is 0 Å². The highest BCUT2D eigenvalue weighted by Crippen LogP contribution is 2.26. The molecule has 2 aliphatic rings. The molecule has 17 N–H and O–H groups in total. The van der Waals surface area contributed by atoms with Crippen LogP contribution in [0.1, 0.15) is 114 Å². The Morgan fingerprint density at radius 2 is 1.26 bits per heavy atom. The third-order valence-corrected chi connectivity index (χ3v) is 14.9. The van der Waals surface area contributed by atoms with Gasteiger partial charge in [0.15, 0.2) is 6.10 Å². The number of aliphatic hydroxyl groups excluding tert-OH is 1. The molecule has 0 aliphatic carbocycles. The molecule has 0 aromatic rings. The molecule has 15 atom stereocenters. The molecule has 0 spiro atoms. The molecule has 6 unspecified atom stereocenters. The van der Waals surface area contributed by atoms with Crippen molar-refractivity contribution in [1.29, 1.82) is 0 Å². The van der Waals surface area contributed by atoms with Gasteiger partial charge < -0.3 is 89.3 Å². The molecule has 492 valence electrons. The summed E-state index contributed by atoms with van der Waals surface area (Å²) in [5, 5.41) is 72.7. The van der Waals surface area contributed by atoms with Gasteiger partial charge in [-0.2, -0.15) is 0 Å². The number of nitrogens with zero attached hydrogens (tertiary/aromatic N) is 1. The molecule has 0 aromatic heterocycles. The SMILES string of the molecule is CCC(C)CC/C=C\C=C\C(=O)N[C@H](C(=O)N[C@@H]1C(=O)N[C@H](C(C)C)C(=O)N[C@@H](CCCCN)C(=O)N[C@@H](C(O)C(=O)O)C(=O)NC(C(=O)O)C(=O)NCC(=O)N[C@H](C(C)C(=O)O)C(=O)N[C@@H](C(C)C)C(=O)N2C[C@H](C)C[C@H]2C(=O)NC1C)C(C)C(=O)O. The number of fused-ring (bicyclic) bond motifs is 1. The van der Waals surface area contributed by atoms with E-state index in [0.717, 1.165) is 37.7 Å². The molecule has 2 saturated heterocycles. The molecule has 2 rings (SSSR count). The molecule has 0 saturated carbocycles. The van der Waals surface area contributed by atoms with Crippen molar-refractivity contribution in [3.63, 3.8) is 0 Å². The monoisotopic (exact) mass is 1250 g/mol. The minimum atomic E-state index is -2.88. The fourth-order valence-corrected chi connectivity index (χ4v) is 9.21. The number of aliphatic carboxylic acids is 4. The summed E-state index contributed by atoms with van der Waals surface area (Å²) < 4.78 is 0. The van der Waals surface area contributed by atoms with Gasteiger partial charge in [-0.05, 0) is 89.5 Å². The normalized spacial score (nSPS) is 26.2. The van der Waals surface area contributed by atoms with E-state index in [0.29, 0.717) is 12.3 Å². The summed E-state index contributed by atoms with van der Waals surface area (Å²) in [6.45, 7) is 13.7. The highest BCUT2D eigenvalue weighted by Gasteiger charge is 2.46. The Morgan fingerprint density at radius 3 is 1.82 bits per heavy atom. The first-order valence-electron chi connectivity index (χ1n) is 29.0. The molecule has 32 heteroatoms. The number of nitrogens with one attached hydrogen (secondary N) is 10. The van der Waals surface area contributed by atoms with Crippen LogP contribution in [0.25, 0.3) is 0 Å². The van der Waals surface area contributed by atoms with Crippen LogP contribution in [0.4, 0.5) is 0 Å². The van der Waals surface area contributed by atoms with Crippen molar-refractivity contribution in [2.45, 2.75) is 181 Å². The second kappa shape index (κ2) is 35.9. The van der Waals surface area contributed by atoms with Gasteiger partial charge in [-0.25, -0.2) is 9.59 Å². The minimum absolute atomic E-state index is 0.0322. The Labute approximate surface area is 508 Å². The van der Waals surface area contributed by atoms with Crippen LogP contribution < -0.4 is 58.9 Å². The van der Waals surface area contributed by atoms with E-state index < -0.39 is 192 Å². The number of aliphatic hydroxyl groups is 1. The third kappa shape index (κ3) is 22.9. The molecule has 0 bridgehead atoms. The zero-order chi connectivity index (χ0) is 67.0. The number of rotatable bonds is 22. The number of allylic oxidation sites excluding steroid dienone is 3. The Hall–Kier alpha value is -8.55. The molecule has 32 nitrogen and oxygen atoms in total. The van der Waals surface area contributed by atoms with Crippen LogP contribution in [0.15, 0.2) is 24.3 Å². The molecule has 2 fully saturated rings. The second-order valence-electron chi connectivity index (χ2n) is 22.9. The van der Waals surface area contributed by atoms with Gasteiger partial charge in [0.25, 0.3) is 5.91 Å². The van der Waals surface area contributed by atoms with Crippen molar-refractivity contribution < 1.29 is 97.5 Å². The molecule has 0 aromatic carbocycles. The van der Waals surface area contributed by atoms with Crippen LogP contribution in [-0.4, -0.2) is 205 Å². The van der Waals surface area contributed by atoms with Gasteiger partial charge in [-0.3, -0.25) is 62.3 Å². The number of hydrogen-bond donors (Lipinski definition) is 16. The van der Waals surface area contributed by atoms with Gasteiger partial charge in [0.05, 0.1) is 24.4 Å². The van der Waals surface area contributed by atoms with Crippen LogP contribution in [0.3, 0.4) is 0 Å². The van der Waals surface area contributed by atoms with E-state index >= 15 is 0 Å². The standard InChI is InChI=1S/C56H88N12O20/c1-11-27(6)18-14-12-13-15-20-34(69)61-38(29(8)53(81)82)49(77)65-40-31(10)59-45(73)33-22-28(7)24-68(33)52(80)37(26(4)5)64-48(76)39(30(9)54(83)84)62-35(70)23-58-46(74)42(55(85)86)67-51(79)41(43(71)56(87)88)66-44(72)32(19-16-17-21-57)60-47(75)36(25(2)3)63-50(40)78/h12-13,15,20,25-33,36-43,71H,11,14,16-19,21-24,57H2,1-10H3,(H,58,74)(H,59,73)(H,60,75)(H,61,69)(H,62,70)(H,63,78)(H,64,76)(H,65,77)(H,66,72)(H,67,79)(H,81,82)(H,83,84)(H,85,86)(H,87,88)/b13-12-,20-15+/t27?,28-,29?,30?,31?,32+,33+,36-,37+,38+,39-,40+,41+,42?,43?/m1/s1. The average molecular weight is 1250 g/mol. The van der Waals surface area contributed by atoms with Crippen molar-refractivity contribution >= 4 is 88.9 Å². The number of amides is 11. The lowest BCUT2D eigenvalue weighted by molar-refractivity contribution is -0.153. The van der Waals surface area contributed by atoms with E-state index in [1.807, 2.05) is 17.6 Å². The van der Waals surface area contributed by atoms with Crippen LogP contribution >= 0.6 is 0 Å². The Morgan fingerprint density at radius 1 is 0.670 bits per heavy atom. The van der Waals surface area contributed by atoms with Gasteiger partial charge in [0.1, 0.15) is 48.3 Å². The summed E-state index contributed by atoms with van der Waals surface area (Å²) in [5.41, 5.74) is 5.68. The Bertz CT molecular complexity index is 2630. The van der Waals surface area contributed by atoms with Crippen molar-refractivity contribution in [1.82, 2.24) is 58.1 Å². The predicted molar refractivity (Wildman–Crippen MR) is 310 cm³/mol. The molecular weight excluding hydrogens is 1160 g/mol. The molecule has 88 heavy (non-hydrogen) atoms. The van der Waals surface area contributed by atoms with Crippen LogP contribution in [0.5, 0.6) is 0 Å². The lowest BCUT2D eigenvalue weighted by Crippen LogP contribution is -2.66. The van der Waals surface area contributed by atoms with Crippen molar-refractivity contribution in [3.8, 4) is 0 Å². The zero-order valence-corrected chi connectivity index (χ0v) is 51.1. The number of carbonyl (C=O) groups excluding carboxylic acids is 11. The molecule has 0 radical (unpaired) electrons. The average Bonchev–Trinajstić information content (AvgIpc) is 3.36. The first-order valence-corrected chi connectivity index (χ1v) is 29.0. The quantitative estimate of drug-likeness (QED) is 0.0213. The van der Waals surface area contributed by atoms with Gasteiger partial charge in [0.2, 0.25) is 65.1 Å². The van der Waals surface area contributed by atoms with E-state index in [1.54, 1.807) is 24.4 Å². The summed E-state index contributed by atoms with van der Waals surface area (Å²) in [7, 11) is 0. The van der Waals surface area contributed by atoms with Crippen LogP contribution in [0, 0.1) is 35.5 Å². The maximum atomic E-state index is 14.8. The fourth-order valence-electron chi connectivity index (χ4n) is 9.21. The molecular formula is C56H88N12O20. The second-order valence-corrected chi connectivity index (χ2v) is 22.9. The Kier molecular flexibility index (Phi) is 30.8. The summed E-state index contributed by atoms with van der Waals surface area (Å²) in [6.07, 6.45) is 5.31. The lowest BCUT2D eigenvalue weighted by atomic mass is 9.97. The van der Waals surface area contributed by atoms with E-state index in [9.17, 15) is 97.5 Å². The first-order chi connectivity index (χ1) is 41.1. The first kappa shape index (κ1) is 75.5. The number of nitrogens with two attached hydrogens (primary N) is 1. The highest BCUT2D eigenvalue weighted by atomic mass is 16.4. The fraction of sp³-hybridized carbons (Fsp3) is 0.661. The number of carboxylic acids is 4. The maximum Gasteiger partial charge on any atom is 0.336 e. The third-order valence-electron chi connectivity index (χ3n) is 14.9.